The van der Waals surface area contributed by atoms with Crippen LogP contribution in [0.5, 0.6) is 5.19 Å². The van der Waals surface area contributed by atoms with Gasteiger partial charge in [0.05, 0.1) is 7.11 Å². The van der Waals surface area contributed by atoms with E-state index in [1.807, 2.05) is 4.90 Å². The lowest BCUT2D eigenvalue weighted by atomic mass is 10.1. The molecule has 3 rings (SSSR count). The summed E-state index contributed by atoms with van der Waals surface area (Å²) in [6.07, 6.45) is 2.42. The first-order valence-electron chi connectivity index (χ1n) is 6.86. The number of carbonyl (C=O) groups is 1. The van der Waals surface area contributed by atoms with E-state index in [1.54, 1.807) is 0 Å². The van der Waals surface area contributed by atoms with Crippen molar-refractivity contribution in [1.82, 2.24) is 20.0 Å². The van der Waals surface area contributed by atoms with Gasteiger partial charge in [-0.15, -0.1) is 5.10 Å². The number of anilines is 1. The highest BCUT2D eigenvalue weighted by Crippen LogP contribution is 2.26. The summed E-state index contributed by atoms with van der Waals surface area (Å²) in [5.41, 5.74) is 0. The Hall–Kier alpha value is -1.41. The number of hydrogen-bond donors (Lipinski definition) is 1. The number of carbonyl (C=O) groups excluding carboxylic acids is 1. The van der Waals surface area contributed by atoms with Crippen molar-refractivity contribution in [2.24, 2.45) is 0 Å². The maximum absolute atomic E-state index is 12.4. The first-order chi connectivity index (χ1) is 9.67. The Morgan fingerprint density at radius 3 is 3.05 bits per heavy atom. The van der Waals surface area contributed by atoms with Gasteiger partial charge in [-0.2, -0.15) is 0 Å². The monoisotopic (exact) mass is 297 g/mol. The first-order valence-corrected chi connectivity index (χ1v) is 7.68. The number of hydrogen-bond acceptors (Lipinski definition) is 6. The van der Waals surface area contributed by atoms with E-state index < -0.39 is 0 Å². The Kier molecular flexibility index (Phi) is 3.75. The molecule has 0 bridgehead atoms. The van der Waals surface area contributed by atoms with Crippen molar-refractivity contribution in [3.05, 3.63) is 0 Å². The Morgan fingerprint density at radius 1 is 1.45 bits per heavy atom. The Morgan fingerprint density at radius 2 is 2.30 bits per heavy atom. The summed E-state index contributed by atoms with van der Waals surface area (Å²) >= 11 is 1.23. The molecular formula is C12H19N5O2S. The molecule has 2 amide bonds. The zero-order chi connectivity index (χ0) is 14.1. The fourth-order valence-electron chi connectivity index (χ4n) is 2.98. The third-order valence-electron chi connectivity index (χ3n) is 3.99. The lowest BCUT2D eigenvalue weighted by molar-refractivity contribution is 0.0861. The SMILES string of the molecule is COc1nnc(NC(=O)N2CC3CCCN3CC2C)s1. The van der Waals surface area contributed by atoms with Crippen LogP contribution in [0.2, 0.25) is 0 Å². The number of rotatable bonds is 2. The Bertz CT molecular complexity index is 494. The molecule has 2 unspecified atom stereocenters. The summed E-state index contributed by atoms with van der Waals surface area (Å²) in [5.74, 6) is 0. The van der Waals surface area contributed by atoms with E-state index in [0.717, 1.165) is 19.6 Å². The van der Waals surface area contributed by atoms with Gasteiger partial charge < -0.3 is 9.64 Å². The summed E-state index contributed by atoms with van der Waals surface area (Å²) in [4.78, 5) is 16.8. The minimum atomic E-state index is -0.0946. The highest BCUT2D eigenvalue weighted by atomic mass is 32.1. The molecule has 0 aliphatic carbocycles. The van der Waals surface area contributed by atoms with Gasteiger partial charge in [0, 0.05) is 25.2 Å². The minimum absolute atomic E-state index is 0.0946. The van der Waals surface area contributed by atoms with E-state index in [2.05, 4.69) is 27.3 Å². The van der Waals surface area contributed by atoms with Crippen LogP contribution < -0.4 is 10.1 Å². The highest BCUT2D eigenvalue weighted by Gasteiger charge is 2.36. The molecule has 3 heterocycles. The number of amides is 2. The van der Waals surface area contributed by atoms with Crippen LogP contribution in [0.3, 0.4) is 0 Å². The molecule has 0 radical (unpaired) electrons. The largest absolute Gasteiger partial charge is 0.472 e. The first kappa shape index (κ1) is 13.6. The smallest absolute Gasteiger partial charge is 0.324 e. The number of methoxy groups -OCH3 is 1. The second-order valence-corrected chi connectivity index (χ2v) is 6.24. The van der Waals surface area contributed by atoms with Gasteiger partial charge in [0.1, 0.15) is 0 Å². The van der Waals surface area contributed by atoms with Crippen LogP contribution in [-0.2, 0) is 0 Å². The molecule has 7 nitrogen and oxygen atoms in total. The zero-order valence-corrected chi connectivity index (χ0v) is 12.5. The van der Waals surface area contributed by atoms with Crippen LogP contribution in [0.15, 0.2) is 0 Å². The molecule has 20 heavy (non-hydrogen) atoms. The van der Waals surface area contributed by atoms with Crippen LogP contribution >= 0.6 is 11.3 Å². The van der Waals surface area contributed by atoms with Crippen molar-refractivity contribution in [2.75, 3.05) is 32.1 Å². The normalized spacial score (nSPS) is 26.4. The molecular weight excluding hydrogens is 278 g/mol. The van der Waals surface area contributed by atoms with E-state index in [-0.39, 0.29) is 12.1 Å². The fourth-order valence-corrected chi connectivity index (χ4v) is 3.53. The predicted molar refractivity (Wildman–Crippen MR) is 76.2 cm³/mol. The lowest BCUT2D eigenvalue weighted by Crippen LogP contribution is -2.57. The number of nitrogens with one attached hydrogen (secondary N) is 1. The number of ether oxygens (including phenoxy) is 1. The predicted octanol–water partition coefficient (Wildman–Crippen LogP) is 1.25. The fraction of sp³-hybridized carbons (Fsp3) is 0.750. The molecule has 2 fully saturated rings. The molecule has 110 valence electrons. The van der Waals surface area contributed by atoms with Gasteiger partial charge >= 0.3 is 6.03 Å². The molecule has 0 aromatic carbocycles. The number of aromatic nitrogens is 2. The van der Waals surface area contributed by atoms with Crippen molar-refractivity contribution in [2.45, 2.75) is 31.8 Å². The molecule has 2 atom stereocenters. The maximum Gasteiger partial charge on any atom is 0.324 e. The van der Waals surface area contributed by atoms with E-state index >= 15 is 0 Å². The van der Waals surface area contributed by atoms with Gasteiger partial charge in [-0.3, -0.25) is 10.2 Å². The average Bonchev–Trinajstić information content (AvgIpc) is 3.05. The van der Waals surface area contributed by atoms with Crippen molar-refractivity contribution < 1.29 is 9.53 Å². The Labute approximate surface area is 121 Å². The van der Waals surface area contributed by atoms with Crippen LogP contribution in [0.1, 0.15) is 19.8 Å². The van der Waals surface area contributed by atoms with Crippen LogP contribution in [0.4, 0.5) is 9.93 Å². The summed E-state index contributed by atoms with van der Waals surface area (Å²) in [6, 6.07) is 0.642. The number of fused-ring (bicyclic) bond motifs is 1. The average molecular weight is 297 g/mol. The van der Waals surface area contributed by atoms with Gasteiger partial charge in [0.15, 0.2) is 0 Å². The quantitative estimate of drug-likeness (QED) is 0.889. The second kappa shape index (κ2) is 5.53. The molecule has 2 aliphatic heterocycles. The zero-order valence-electron chi connectivity index (χ0n) is 11.7. The molecule has 8 heteroatoms. The van der Waals surface area contributed by atoms with E-state index in [1.165, 1.54) is 31.3 Å². The summed E-state index contributed by atoms with van der Waals surface area (Å²) in [7, 11) is 1.54. The third-order valence-corrected chi connectivity index (χ3v) is 4.79. The van der Waals surface area contributed by atoms with Crippen molar-refractivity contribution in [3.63, 3.8) is 0 Å². The summed E-state index contributed by atoms with van der Waals surface area (Å²) in [6.45, 7) is 5.01. The van der Waals surface area contributed by atoms with Crippen LogP contribution in [0.25, 0.3) is 0 Å². The lowest BCUT2D eigenvalue weighted by Gasteiger charge is -2.41. The minimum Gasteiger partial charge on any atom is -0.472 e. The summed E-state index contributed by atoms with van der Waals surface area (Å²) < 4.78 is 4.97. The summed E-state index contributed by atoms with van der Waals surface area (Å²) in [5, 5.41) is 11.4. The van der Waals surface area contributed by atoms with Gasteiger partial charge in [0.25, 0.3) is 5.19 Å². The standard InChI is InChI=1S/C12H19N5O2S/c1-8-6-16-5-3-4-9(16)7-17(8)11(18)13-10-14-15-12(19-2)20-10/h8-9H,3-7H2,1-2H3,(H,13,14,18). The molecule has 0 spiro atoms. The van der Waals surface area contributed by atoms with Crippen molar-refractivity contribution >= 4 is 22.5 Å². The Balaban J connectivity index is 1.64. The second-order valence-electron chi connectivity index (χ2n) is 5.30. The molecule has 1 aromatic rings. The van der Waals surface area contributed by atoms with Gasteiger partial charge in [0.2, 0.25) is 5.13 Å². The maximum atomic E-state index is 12.4. The van der Waals surface area contributed by atoms with Crippen molar-refractivity contribution in [1.29, 1.82) is 0 Å². The van der Waals surface area contributed by atoms with Crippen LogP contribution in [0, 0.1) is 0 Å². The third kappa shape index (κ3) is 2.57. The van der Waals surface area contributed by atoms with Gasteiger partial charge in [-0.1, -0.05) is 5.10 Å². The number of urea groups is 1. The van der Waals surface area contributed by atoms with E-state index in [4.69, 9.17) is 4.74 Å². The molecule has 2 saturated heterocycles. The van der Waals surface area contributed by atoms with E-state index in [9.17, 15) is 4.79 Å². The molecule has 0 saturated carbocycles. The van der Waals surface area contributed by atoms with Crippen molar-refractivity contribution in [3.8, 4) is 5.19 Å². The molecule has 2 aliphatic rings. The van der Waals surface area contributed by atoms with Gasteiger partial charge in [-0.25, -0.2) is 4.79 Å². The molecule has 1 N–H and O–H groups in total. The van der Waals surface area contributed by atoms with Crippen LogP contribution in [-0.4, -0.2) is 64.9 Å². The highest BCUT2D eigenvalue weighted by molar-refractivity contribution is 7.17. The van der Waals surface area contributed by atoms with E-state index in [0.29, 0.717) is 16.4 Å². The molecule has 1 aromatic heterocycles. The van der Waals surface area contributed by atoms with Gasteiger partial charge in [-0.05, 0) is 37.6 Å². The number of nitrogens with zero attached hydrogens (tertiary/aromatic N) is 4. The number of piperazine rings is 1. The topological polar surface area (TPSA) is 70.6 Å².